The van der Waals surface area contributed by atoms with Gasteiger partial charge < -0.3 is 9.84 Å². The van der Waals surface area contributed by atoms with Gasteiger partial charge in [0.25, 0.3) is 5.69 Å². The minimum Gasteiger partial charge on any atom is -0.495 e. The molecule has 0 spiro atoms. The van der Waals surface area contributed by atoms with Gasteiger partial charge in [-0.15, -0.1) is 6.58 Å². The average Bonchev–Trinajstić information content (AvgIpc) is 2.46. The normalized spacial score (nSPS) is 11.4. The highest BCUT2D eigenvalue weighted by molar-refractivity contribution is 7.89. The van der Waals surface area contributed by atoms with Crippen molar-refractivity contribution in [1.29, 1.82) is 0 Å². The van der Waals surface area contributed by atoms with E-state index < -0.39 is 14.9 Å². The van der Waals surface area contributed by atoms with Crippen molar-refractivity contribution in [3.05, 3.63) is 41.0 Å². The quantitative estimate of drug-likeness (QED) is 0.431. The molecule has 0 aliphatic rings. The van der Waals surface area contributed by atoms with Crippen LogP contribution >= 0.6 is 0 Å². The number of benzene rings is 1. The molecule has 1 N–H and O–H groups in total. The number of nitro benzene ring substituents is 1. The summed E-state index contributed by atoms with van der Waals surface area (Å²) < 4.78 is 31.0. The lowest BCUT2D eigenvalue weighted by Crippen LogP contribution is -2.34. The van der Waals surface area contributed by atoms with Gasteiger partial charge in [0, 0.05) is 25.2 Å². The van der Waals surface area contributed by atoms with Crippen molar-refractivity contribution in [3.8, 4) is 5.75 Å². The zero-order valence-electron chi connectivity index (χ0n) is 11.4. The number of nitrogens with zero attached hydrogens (tertiary/aromatic N) is 2. The summed E-state index contributed by atoms with van der Waals surface area (Å²) in [5.41, 5.74) is -0.364. The molecule has 0 aromatic heterocycles. The molecular formula is C12H16N2O6S. The largest absolute Gasteiger partial charge is 0.495 e. The highest BCUT2D eigenvalue weighted by atomic mass is 32.2. The third-order valence-corrected chi connectivity index (χ3v) is 4.54. The van der Waals surface area contributed by atoms with E-state index in [1.54, 1.807) is 0 Å². The molecule has 21 heavy (non-hydrogen) atoms. The van der Waals surface area contributed by atoms with Crippen molar-refractivity contribution < 1.29 is 23.2 Å². The highest BCUT2D eigenvalue weighted by Gasteiger charge is 2.28. The van der Waals surface area contributed by atoms with E-state index in [-0.39, 0.29) is 36.0 Å². The minimum atomic E-state index is -4.05. The second-order valence-corrected chi connectivity index (χ2v) is 5.87. The van der Waals surface area contributed by atoms with Crippen molar-refractivity contribution in [1.82, 2.24) is 4.31 Å². The number of aliphatic hydroxyl groups is 1. The molecule has 0 heterocycles. The molecule has 9 heteroatoms. The molecule has 0 amide bonds. The van der Waals surface area contributed by atoms with Crippen LogP contribution in [0.3, 0.4) is 0 Å². The summed E-state index contributed by atoms with van der Waals surface area (Å²) in [6.45, 7) is 2.88. The Morgan fingerprint density at radius 3 is 2.67 bits per heavy atom. The van der Waals surface area contributed by atoms with Crippen molar-refractivity contribution >= 4 is 15.7 Å². The van der Waals surface area contributed by atoms with Crippen LogP contribution in [0.4, 0.5) is 5.69 Å². The zero-order chi connectivity index (χ0) is 16.0. The number of rotatable bonds is 8. The van der Waals surface area contributed by atoms with Crippen molar-refractivity contribution in [3.63, 3.8) is 0 Å². The van der Waals surface area contributed by atoms with Crippen molar-refractivity contribution in [2.24, 2.45) is 0 Å². The predicted molar refractivity (Wildman–Crippen MR) is 75.7 cm³/mol. The Morgan fingerprint density at radius 1 is 1.52 bits per heavy atom. The first-order valence-corrected chi connectivity index (χ1v) is 7.36. The van der Waals surface area contributed by atoms with Crippen LogP contribution in [-0.4, -0.2) is 49.6 Å². The van der Waals surface area contributed by atoms with Crippen LogP contribution in [0.5, 0.6) is 5.75 Å². The molecule has 0 bridgehead atoms. The van der Waals surface area contributed by atoms with E-state index in [9.17, 15) is 18.5 Å². The number of nitro groups is 1. The van der Waals surface area contributed by atoms with E-state index in [1.165, 1.54) is 19.3 Å². The SMILES string of the molecule is C=CCN(CCO)S(=O)(=O)c1cc([N+](=O)[O-])ccc1OC. The number of hydrogen-bond acceptors (Lipinski definition) is 6. The van der Waals surface area contributed by atoms with E-state index in [0.29, 0.717) is 0 Å². The van der Waals surface area contributed by atoms with Crippen LogP contribution in [0.2, 0.25) is 0 Å². The molecule has 0 aliphatic carbocycles. The Hall–Kier alpha value is -1.97. The molecule has 0 saturated carbocycles. The lowest BCUT2D eigenvalue weighted by Gasteiger charge is -2.20. The van der Waals surface area contributed by atoms with Gasteiger partial charge in [0.1, 0.15) is 10.6 Å². The Morgan fingerprint density at radius 2 is 2.19 bits per heavy atom. The number of ether oxygens (including phenoxy) is 1. The maximum absolute atomic E-state index is 12.5. The van der Waals surface area contributed by atoms with Crippen LogP contribution in [-0.2, 0) is 10.0 Å². The smallest absolute Gasteiger partial charge is 0.271 e. The van der Waals surface area contributed by atoms with E-state index in [4.69, 9.17) is 9.84 Å². The molecule has 8 nitrogen and oxygen atoms in total. The molecule has 1 aromatic carbocycles. The first kappa shape index (κ1) is 17.1. The maximum Gasteiger partial charge on any atom is 0.271 e. The van der Waals surface area contributed by atoms with Gasteiger partial charge >= 0.3 is 0 Å². The van der Waals surface area contributed by atoms with E-state index in [0.717, 1.165) is 16.4 Å². The van der Waals surface area contributed by atoms with Gasteiger partial charge in [-0.05, 0) is 6.07 Å². The van der Waals surface area contributed by atoms with E-state index in [1.807, 2.05) is 0 Å². The number of hydrogen-bond donors (Lipinski definition) is 1. The number of methoxy groups -OCH3 is 1. The highest BCUT2D eigenvalue weighted by Crippen LogP contribution is 2.30. The summed E-state index contributed by atoms with van der Waals surface area (Å²) in [5, 5.41) is 19.8. The standard InChI is InChI=1S/C12H16N2O6S/c1-3-6-13(7-8-15)21(18,19)12-9-10(14(16)17)4-5-11(12)20-2/h3-5,9,15H,1,6-8H2,2H3. The third kappa shape index (κ3) is 3.78. The van der Waals surface area contributed by atoms with E-state index in [2.05, 4.69) is 6.58 Å². The third-order valence-electron chi connectivity index (χ3n) is 2.66. The Labute approximate surface area is 122 Å². The molecule has 0 aliphatic heterocycles. The molecule has 116 valence electrons. The van der Waals surface area contributed by atoms with Crippen LogP contribution in [0.1, 0.15) is 0 Å². The fourth-order valence-corrected chi connectivity index (χ4v) is 3.26. The Kier molecular flexibility index (Phi) is 5.82. The lowest BCUT2D eigenvalue weighted by atomic mass is 10.3. The molecular weight excluding hydrogens is 300 g/mol. The van der Waals surface area contributed by atoms with Crippen LogP contribution < -0.4 is 4.74 Å². The van der Waals surface area contributed by atoms with Crippen molar-refractivity contribution in [2.75, 3.05) is 26.8 Å². The van der Waals surface area contributed by atoms with Crippen molar-refractivity contribution in [2.45, 2.75) is 4.90 Å². The minimum absolute atomic E-state index is 0.00685. The Bertz CT molecular complexity index is 629. The van der Waals surface area contributed by atoms with Gasteiger partial charge in [-0.1, -0.05) is 6.08 Å². The lowest BCUT2D eigenvalue weighted by molar-refractivity contribution is -0.385. The van der Waals surface area contributed by atoms with E-state index >= 15 is 0 Å². The summed E-state index contributed by atoms with van der Waals surface area (Å²) in [6, 6.07) is 3.30. The summed E-state index contributed by atoms with van der Waals surface area (Å²) >= 11 is 0. The summed E-state index contributed by atoms with van der Waals surface area (Å²) in [7, 11) is -2.78. The van der Waals surface area contributed by atoms with Crippen LogP contribution in [0.25, 0.3) is 0 Å². The monoisotopic (exact) mass is 316 g/mol. The van der Waals surface area contributed by atoms with Gasteiger partial charge in [0.05, 0.1) is 18.6 Å². The summed E-state index contributed by atoms with van der Waals surface area (Å²) in [4.78, 5) is 9.78. The topological polar surface area (TPSA) is 110 Å². The first-order valence-electron chi connectivity index (χ1n) is 5.92. The number of sulfonamides is 1. The Balaban J connectivity index is 3.42. The molecule has 0 fully saturated rings. The van der Waals surface area contributed by atoms with Crippen LogP contribution in [0.15, 0.2) is 35.7 Å². The van der Waals surface area contributed by atoms with Gasteiger partial charge in [-0.3, -0.25) is 10.1 Å². The van der Waals surface area contributed by atoms with Gasteiger partial charge in [-0.2, -0.15) is 4.31 Å². The number of non-ortho nitro benzene ring substituents is 1. The zero-order valence-corrected chi connectivity index (χ0v) is 12.2. The molecule has 1 rings (SSSR count). The van der Waals surface area contributed by atoms with Gasteiger partial charge in [0.2, 0.25) is 10.0 Å². The first-order chi connectivity index (χ1) is 9.88. The second kappa shape index (κ2) is 7.16. The van der Waals surface area contributed by atoms with Gasteiger partial charge in [0.15, 0.2) is 0 Å². The fraction of sp³-hybridized carbons (Fsp3) is 0.333. The molecule has 1 aromatic rings. The second-order valence-electron chi connectivity index (χ2n) is 3.97. The summed E-state index contributed by atoms with van der Waals surface area (Å²) in [5.74, 6) is -0.00685. The molecule has 0 unspecified atom stereocenters. The molecule has 0 radical (unpaired) electrons. The number of aliphatic hydroxyl groups excluding tert-OH is 1. The fourth-order valence-electron chi connectivity index (χ4n) is 1.68. The molecule has 0 saturated heterocycles. The van der Waals surface area contributed by atoms with Crippen LogP contribution in [0, 0.1) is 10.1 Å². The molecule has 0 atom stereocenters. The van der Waals surface area contributed by atoms with Gasteiger partial charge in [-0.25, -0.2) is 8.42 Å². The predicted octanol–water partition coefficient (Wildman–Crippen LogP) is 0.772. The summed E-state index contributed by atoms with van der Waals surface area (Å²) in [6.07, 6.45) is 1.36. The maximum atomic E-state index is 12.5. The average molecular weight is 316 g/mol.